The molecule has 19 heavy (non-hydrogen) atoms. The van der Waals surface area contributed by atoms with Crippen LogP contribution in [0.1, 0.15) is 12.0 Å². The summed E-state index contributed by atoms with van der Waals surface area (Å²) in [7, 11) is 0. The average Bonchev–Trinajstić information content (AvgIpc) is 2.75. The molecule has 3 rings (SSSR count). The maximum atomic E-state index is 9.54. The lowest BCUT2D eigenvalue weighted by molar-refractivity contribution is 0.152. The van der Waals surface area contributed by atoms with Gasteiger partial charge in [0.05, 0.1) is 18.7 Å². The first-order valence-corrected chi connectivity index (χ1v) is 6.71. The Hall–Kier alpha value is -1.65. The number of aliphatic hydroxyl groups is 1. The van der Waals surface area contributed by atoms with Crippen LogP contribution in [0.25, 0.3) is 10.9 Å². The Bertz CT molecular complexity index is 563. The zero-order valence-corrected chi connectivity index (χ0v) is 10.9. The SMILES string of the molecule is OCc1cc(N2CCCOCC2)nc2ccccc12. The van der Waals surface area contributed by atoms with Gasteiger partial charge in [-0.15, -0.1) is 0 Å². The van der Waals surface area contributed by atoms with Crippen molar-refractivity contribution < 1.29 is 9.84 Å². The summed E-state index contributed by atoms with van der Waals surface area (Å²) in [5.74, 6) is 0.938. The predicted molar refractivity (Wildman–Crippen MR) is 75.3 cm³/mol. The number of ether oxygens (including phenoxy) is 1. The highest BCUT2D eigenvalue weighted by Gasteiger charge is 2.13. The number of pyridine rings is 1. The average molecular weight is 258 g/mol. The maximum absolute atomic E-state index is 9.54. The summed E-state index contributed by atoms with van der Waals surface area (Å²) in [5.41, 5.74) is 1.87. The Morgan fingerprint density at radius 3 is 3.00 bits per heavy atom. The molecule has 1 aromatic heterocycles. The maximum Gasteiger partial charge on any atom is 0.129 e. The Morgan fingerprint density at radius 1 is 1.21 bits per heavy atom. The van der Waals surface area contributed by atoms with Crippen molar-refractivity contribution in [2.24, 2.45) is 0 Å². The molecule has 0 atom stereocenters. The first kappa shape index (κ1) is 12.4. The Balaban J connectivity index is 2.03. The summed E-state index contributed by atoms with van der Waals surface area (Å²) in [6.07, 6.45) is 1.02. The molecule has 1 saturated heterocycles. The Labute approximate surface area is 112 Å². The summed E-state index contributed by atoms with van der Waals surface area (Å²) < 4.78 is 5.47. The van der Waals surface area contributed by atoms with Crippen molar-refractivity contribution in [3.8, 4) is 0 Å². The van der Waals surface area contributed by atoms with Crippen LogP contribution in [0, 0.1) is 0 Å². The first-order valence-electron chi connectivity index (χ1n) is 6.71. The summed E-state index contributed by atoms with van der Waals surface area (Å²) in [6.45, 7) is 3.41. The Kier molecular flexibility index (Phi) is 3.62. The van der Waals surface area contributed by atoms with E-state index in [9.17, 15) is 5.11 Å². The third-order valence-electron chi connectivity index (χ3n) is 3.50. The monoisotopic (exact) mass is 258 g/mol. The molecule has 1 aliphatic heterocycles. The lowest BCUT2D eigenvalue weighted by Gasteiger charge is -2.22. The van der Waals surface area contributed by atoms with Gasteiger partial charge in [-0.3, -0.25) is 0 Å². The van der Waals surface area contributed by atoms with Gasteiger partial charge < -0.3 is 14.7 Å². The van der Waals surface area contributed by atoms with E-state index in [2.05, 4.69) is 4.90 Å². The smallest absolute Gasteiger partial charge is 0.129 e. The number of aliphatic hydroxyl groups excluding tert-OH is 1. The van der Waals surface area contributed by atoms with Gasteiger partial charge in [0.2, 0.25) is 0 Å². The summed E-state index contributed by atoms with van der Waals surface area (Å²) in [5, 5.41) is 10.6. The highest BCUT2D eigenvalue weighted by Crippen LogP contribution is 2.23. The van der Waals surface area contributed by atoms with Gasteiger partial charge in [0.25, 0.3) is 0 Å². The second-order valence-corrected chi connectivity index (χ2v) is 4.77. The minimum atomic E-state index is 0.0420. The van der Waals surface area contributed by atoms with E-state index in [-0.39, 0.29) is 6.61 Å². The molecule has 0 saturated carbocycles. The predicted octanol–water partition coefficient (Wildman–Crippen LogP) is 1.95. The van der Waals surface area contributed by atoms with Crippen molar-refractivity contribution in [3.63, 3.8) is 0 Å². The van der Waals surface area contributed by atoms with Gasteiger partial charge >= 0.3 is 0 Å². The molecule has 1 aromatic carbocycles. The molecule has 1 fully saturated rings. The number of hydrogen-bond donors (Lipinski definition) is 1. The van der Waals surface area contributed by atoms with Gasteiger partial charge in [0.1, 0.15) is 5.82 Å². The van der Waals surface area contributed by atoms with E-state index < -0.39 is 0 Å². The fourth-order valence-electron chi connectivity index (χ4n) is 2.50. The summed E-state index contributed by atoms with van der Waals surface area (Å²) in [6, 6.07) is 9.94. The second kappa shape index (κ2) is 5.55. The highest BCUT2D eigenvalue weighted by atomic mass is 16.5. The molecular formula is C15H18N2O2. The number of para-hydroxylation sites is 1. The fraction of sp³-hybridized carbons (Fsp3) is 0.400. The van der Waals surface area contributed by atoms with Crippen LogP contribution in [-0.2, 0) is 11.3 Å². The van der Waals surface area contributed by atoms with Crippen LogP contribution < -0.4 is 4.90 Å². The van der Waals surface area contributed by atoms with E-state index in [1.807, 2.05) is 30.3 Å². The number of aromatic nitrogens is 1. The van der Waals surface area contributed by atoms with Crippen molar-refractivity contribution in [1.29, 1.82) is 0 Å². The molecular weight excluding hydrogens is 240 g/mol. The van der Waals surface area contributed by atoms with E-state index >= 15 is 0 Å². The van der Waals surface area contributed by atoms with Gasteiger partial charge in [-0.1, -0.05) is 18.2 Å². The minimum Gasteiger partial charge on any atom is -0.392 e. The molecule has 0 radical (unpaired) electrons. The minimum absolute atomic E-state index is 0.0420. The molecule has 2 aromatic rings. The fourth-order valence-corrected chi connectivity index (χ4v) is 2.50. The van der Waals surface area contributed by atoms with Crippen molar-refractivity contribution in [3.05, 3.63) is 35.9 Å². The van der Waals surface area contributed by atoms with Crippen LogP contribution in [-0.4, -0.2) is 36.4 Å². The molecule has 4 nitrogen and oxygen atoms in total. The molecule has 1 aliphatic rings. The molecule has 2 heterocycles. The van der Waals surface area contributed by atoms with Gasteiger partial charge in [0.15, 0.2) is 0 Å². The van der Waals surface area contributed by atoms with Gasteiger partial charge in [-0.25, -0.2) is 4.98 Å². The van der Waals surface area contributed by atoms with Crippen molar-refractivity contribution in [1.82, 2.24) is 4.98 Å². The van der Waals surface area contributed by atoms with Gasteiger partial charge in [-0.2, -0.15) is 0 Å². The van der Waals surface area contributed by atoms with Crippen LogP contribution in [0.3, 0.4) is 0 Å². The normalized spacial score (nSPS) is 16.6. The number of nitrogens with zero attached hydrogens (tertiary/aromatic N) is 2. The summed E-state index contributed by atoms with van der Waals surface area (Å²) in [4.78, 5) is 6.94. The lowest BCUT2D eigenvalue weighted by atomic mass is 10.1. The molecule has 0 unspecified atom stereocenters. The molecule has 0 bridgehead atoms. The molecule has 100 valence electrons. The second-order valence-electron chi connectivity index (χ2n) is 4.77. The van der Waals surface area contributed by atoms with Crippen LogP contribution in [0.5, 0.6) is 0 Å². The van der Waals surface area contributed by atoms with E-state index in [0.717, 1.165) is 55.0 Å². The van der Waals surface area contributed by atoms with Crippen molar-refractivity contribution in [2.45, 2.75) is 13.0 Å². The zero-order chi connectivity index (χ0) is 13.1. The third-order valence-corrected chi connectivity index (χ3v) is 3.50. The Morgan fingerprint density at radius 2 is 2.11 bits per heavy atom. The molecule has 1 N–H and O–H groups in total. The number of fused-ring (bicyclic) bond motifs is 1. The van der Waals surface area contributed by atoms with E-state index in [4.69, 9.17) is 9.72 Å². The molecule has 4 heteroatoms. The van der Waals surface area contributed by atoms with E-state index in [1.54, 1.807) is 0 Å². The lowest BCUT2D eigenvalue weighted by Crippen LogP contribution is -2.27. The number of hydrogen-bond acceptors (Lipinski definition) is 4. The molecule has 0 aliphatic carbocycles. The third kappa shape index (κ3) is 2.55. The molecule has 0 spiro atoms. The van der Waals surface area contributed by atoms with Gasteiger partial charge in [-0.05, 0) is 24.1 Å². The van der Waals surface area contributed by atoms with Gasteiger partial charge in [0, 0.05) is 25.1 Å². The largest absolute Gasteiger partial charge is 0.392 e. The van der Waals surface area contributed by atoms with Crippen LogP contribution in [0.15, 0.2) is 30.3 Å². The number of anilines is 1. The quantitative estimate of drug-likeness (QED) is 0.894. The highest BCUT2D eigenvalue weighted by molar-refractivity contribution is 5.84. The first-order chi connectivity index (χ1) is 9.38. The molecule has 0 amide bonds. The van der Waals surface area contributed by atoms with E-state index in [0.29, 0.717) is 0 Å². The van der Waals surface area contributed by atoms with Crippen LogP contribution in [0.2, 0.25) is 0 Å². The van der Waals surface area contributed by atoms with Crippen LogP contribution in [0.4, 0.5) is 5.82 Å². The topological polar surface area (TPSA) is 45.6 Å². The van der Waals surface area contributed by atoms with E-state index in [1.165, 1.54) is 0 Å². The number of rotatable bonds is 2. The van der Waals surface area contributed by atoms with Crippen molar-refractivity contribution >= 4 is 16.7 Å². The zero-order valence-electron chi connectivity index (χ0n) is 10.9. The number of benzene rings is 1. The standard InChI is InChI=1S/C15H18N2O2/c18-11-12-10-15(17-6-3-8-19-9-7-17)16-14-5-2-1-4-13(12)14/h1-2,4-5,10,18H,3,6-9,11H2. The van der Waals surface area contributed by atoms with Crippen LogP contribution >= 0.6 is 0 Å². The van der Waals surface area contributed by atoms with Crippen molar-refractivity contribution in [2.75, 3.05) is 31.2 Å². The summed E-state index contributed by atoms with van der Waals surface area (Å²) >= 11 is 0.